The van der Waals surface area contributed by atoms with Crippen molar-refractivity contribution in [3.8, 4) is 0 Å². The lowest BCUT2D eigenvalue weighted by atomic mass is 9.92. The molecule has 2 amide bonds. The zero-order chi connectivity index (χ0) is 16.6. The highest BCUT2D eigenvalue weighted by Gasteiger charge is 2.51. The first kappa shape index (κ1) is 16.3. The first-order chi connectivity index (χ1) is 10.9. The first-order valence-corrected chi connectivity index (χ1v) is 8.64. The molecule has 0 bridgehead atoms. The van der Waals surface area contributed by atoms with Crippen molar-refractivity contribution < 1.29 is 14.3 Å². The van der Waals surface area contributed by atoms with Crippen LogP contribution in [0.4, 0.5) is 0 Å². The van der Waals surface area contributed by atoms with E-state index >= 15 is 0 Å². The molecule has 2 aliphatic rings. The minimum absolute atomic E-state index is 0.0119. The van der Waals surface area contributed by atoms with Crippen molar-refractivity contribution in [1.82, 2.24) is 19.8 Å². The monoisotopic (exact) mass is 338 g/mol. The predicted molar refractivity (Wildman–Crippen MR) is 87.5 cm³/mol. The number of nitrogens with zero attached hydrogens (tertiary/aromatic N) is 3. The molecule has 0 aliphatic carbocycles. The molecule has 0 radical (unpaired) electrons. The third-order valence-corrected chi connectivity index (χ3v) is 5.97. The van der Waals surface area contributed by atoms with Crippen molar-refractivity contribution in [3.05, 3.63) is 17.7 Å². The number of nitrogens with one attached hydrogen (secondary N) is 1. The third kappa shape index (κ3) is 3.23. The number of imidazole rings is 1. The van der Waals surface area contributed by atoms with Crippen molar-refractivity contribution in [2.24, 2.45) is 0 Å². The Labute approximate surface area is 139 Å². The molecule has 0 aromatic carbocycles. The molecule has 7 nitrogen and oxygen atoms in total. The summed E-state index contributed by atoms with van der Waals surface area (Å²) in [6.07, 6.45) is 2.53. The quantitative estimate of drug-likeness (QED) is 0.866. The Kier molecular flexibility index (Phi) is 4.37. The number of carbonyl (C=O) groups is 2. The fourth-order valence-electron chi connectivity index (χ4n) is 2.97. The fourth-order valence-corrected chi connectivity index (χ4v) is 4.52. The van der Waals surface area contributed by atoms with Crippen LogP contribution in [0.3, 0.4) is 0 Å². The van der Waals surface area contributed by atoms with E-state index in [-0.39, 0.29) is 29.3 Å². The normalized spacial score (nSPS) is 22.2. The van der Waals surface area contributed by atoms with Gasteiger partial charge in [0, 0.05) is 38.6 Å². The Morgan fingerprint density at radius 3 is 2.87 bits per heavy atom. The fraction of sp³-hybridized carbons (Fsp3) is 0.667. The van der Waals surface area contributed by atoms with Gasteiger partial charge in [-0.1, -0.05) is 0 Å². The van der Waals surface area contributed by atoms with Crippen molar-refractivity contribution in [1.29, 1.82) is 0 Å². The number of aryl methyl sites for hydroxylation is 1. The standard InChI is InChI=1S/C15H22N4O3S/c1-10-13(17-9-16-10)14(21)19-7-15(8-19)4-11(6-23-15)22-5-12(20)18(2)3/h9,11H,4-8H2,1-3H3,(H,16,17)/t11-/m0/s1. The molecule has 3 heterocycles. The number of carbonyl (C=O) groups excluding carboxylic acids is 2. The minimum atomic E-state index is -0.0182. The summed E-state index contributed by atoms with van der Waals surface area (Å²) in [5.41, 5.74) is 1.31. The summed E-state index contributed by atoms with van der Waals surface area (Å²) in [6, 6.07) is 0. The molecule has 8 heteroatoms. The number of likely N-dealkylation sites (tertiary alicyclic amines) is 1. The van der Waals surface area contributed by atoms with Crippen molar-refractivity contribution in [3.63, 3.8) is 0 Å². The molecule has 2 aliphatic heterocycles. The largest absolute Gasteiger partial charge is 0.367 e. The van der Waals surface area contributed by atoms with Crippen LogP contribution in [0.15, 0.2) is 6.33 Å². The molecule has 126 valence electrons. The van der Waals surface area contributed by atoms with Gasteiger partial charge in [0.25, 0.3) is 5.91 Å². The topological polar surface area (TPSA) is 78.5 Å². The molecule has 0 unspecified atom stereocenters. The van der Waals surface area contributed by atoms with E-state index in [0.29, 0.717) is 5.69 Å². The zero-order valence-corrected chi connectivity index (χ0v) is 14.5. The highest BCUT2D eigenvalue weighted by atomic mass is 32.2. The lowest BCUT2D eigenvalue weighted by Gasteiger charge is -2.47. The number of hydrogen-bond acceptors (Lipinski definition) is 5. The second kappa shape index (κ2) is 6.16. The molecule has 2 saturated heterocycles. The van der Waals surface area contributed by atoms with E-state index in [4.69, 9.17) is 4.74 Å². The summed E-state index contributed by atoms with van der Waals surface area (Å²) >= 11 is 1.85. The highest BCUT2D eigenvalue weighted by Crippen LogP contribution is 2.46. The molecule has 3 rings (SSSR count). The maximum atomic E-state index is 12.4. The molecule has 0 saturated carbocycles. The van der Waals surface area contributed by atoms with Gasteiger partial charge < -0.3 is 19.5 Å². The molecule has 23 heavy (non-hydrogen) atoms. The lowest BCUT2D eigenvalue weighted by Crippen LogP contribution is -2.60. The smallest absolute Gasteiger partial charge is 0.274 e. The van der Waals surface area contributed by atoms with E-state index in [9.17, 15) is 9.59 Å². The molecule has 2 fully saturated rings. The van der Waals surface area contributed by atoms with E-state index in [2.05, 4.69) is 9.97 Å². The van der Waals surface area contributed by atoms with Crippen molar-refractivity contribution >= 4 is 23.6 Å². The van der Waals surface area contributed by atoms with Crippen LogP contribution >= 0.6 is 11.8 Å². The number of amides is 2. The van der Waals surface area contributed by atoms with Gasteiger partial charge in [0.15, 0.2) is 0 Å². The summed E-state index contributed by atoms with van der Waals surface area (Å²) in [5.74, 6) is 0.849. The molecule has 1 N–H and O–H groups in total. The van der Waals surface area contributed by atoms with Crippen LogP contribution in [0.2, 0.25) is 0 Å². The van der Waals surface area contributed by atoms with Gasteiger partial charge >= 0.3 is 0 Å². The first-order valence-electron chi connectivity index (χ1n) is 7.65. The van der Waals surface area contributed by atoms with Crippen LogP contribution in [0.1, 0.15) is 22.6 Å². The highest BCUT2D eigenvalue weighted by molar-refractivity contribution is 8.01. The Bertz CT molecular complexity index is 610. The van der Waals surface area contributed by atoms with Gasteiger partial charge in [-0.2, -0.15) is 0 Å². The maximum Gasteiger partial charge on any atom is 0.274 e. The molecule has 1 aromatic heterocycles. The second-order valence-electron chi connectivity index (χ2n) is 6.46. The molecular formula is C15H22N4O3S. The summed E-state index contributed by atoms with van der Waals surface area (Å²) in [5, 5.41) is 0. The predicted octanol–water partition coefficient (Wildman–Crippen LogP) is 0.523. The molecule has 1 spiro atoms. The van der Waals surface area contributed by atoms with E-state index in [1.807, 2.05) is 23.6 Å². The lowest BCUT2D eigenvalue weighted by molar-refractivity contribution is -0.135. The Morgan fingerprint density at radius 2 is 2.26 bits per heavy atom. The summed E-state index contributed by atoms with van der Waals surface area (Å²) in [6.45, 7) is 3.43. The minimum Gasteiger partial charge on any atom is -0.367 e. The molecule has 1 aromatic rings. The third-order valence-electron chi connectivity index (χ3n) is 4.39. The van der Waals surface area contributed by atoms with Crippen LogP contribution < -0.4 is 0 Å². The molecule has 1 atom stereocenters. The average Bonchev–Trinajstić information content (AvgIpc) is 3.08. The van der Waals surface area contributed by atoms with E-state index < -0.39 is 0 Å². The Hall–Kier alpha value is -1.54. The van der Waals surface area contributed by atoms with Crippen molar-refractivity contribution in [2.45, 2.75) is 24.2 Å². The number of thioether (sulfide) groups is 1. The number of hydrogen-bond donors (Lipinski definition) is 1. The van der Waals surface area contributed by atoms with Gasteiger partial charge in [0.2, 0.25) is 5.91 Å². The van der Waals surface area contributed by atoms with E-state index in [1.54, 1.807) is 20.4 Å². The van der Waals surface area contributed by atoms with Crippen LogP contribution in [-0.2, 0) is 9.53 Å². The Morgan fingerprint density at radius 1 is 1.52 bits per heavy atom. The van der Waals surface area contributed by atoms with Gasteiger partial charge in [0.05, 0.1) is 17.2 Å². The van der Waals surface area contributed by atoms with E-state index in [1.165, 1.54) is 4.90 Å². The zero-order valence-electron chi connectivity index (χ0n) is 13.7. The summed E-state index contributed by atoms with van der Waals surface area (Å²) in [4.78, 5) is 34.4. The summed E-state index contributed by atoms with van der Waals surface area (Å²) in [7, 11) is 3.45. The van der Waals surface area contributed by atoms with Crippen LogP contribution in [0.25, 0.3) is 0 Å². The van der Waals surface area contributed by atoms with Gasteiger partial charge in [-0.3, -0.25) is 9.59 Å². The second-order valence-corrected chi connectivity index (χ2v) is 7.94. The molecular weight excluding hydrogens is 316 g/mol. The number of H-pyrrole nitrogens is 1. The summed E-state index contributed by atoms with van der Waals surface area (Å²) < 4.78 is 5.80. The van der Waals surface area contributed by atoms with Gasteiger partial charge in [-0.25, -0.2) is 4.98 Å². The number of aromatic nitrogens is 2. The number of aromatic amines is 1. The number of rotatable bonds is 4. The van der Waals surface area contributed by atoms with E-state index in [0.717, 1.165) is 31.0 Å². The van der Waals surface area contributed by atoms with Crippen LogP contribution in [0, 0.1) is 6.92 Å². The average molecular weight is 338 g/mol. The Balaban J connectivity index is 1.48. The maximum absolute atomic E-state index is 12.4. The SMILES string of the molecule is Cc1[nH]cnc1C(=O)N1CC2(C[C@H](OCC(=O)N(C)C)CS2)C1. The van der Waals surface area contributed by atoms with Crippen molar-refractivity contribution in [2.75, 3.05) is 39.5 Å². The van der Waals surface area contributed by atoms with Gasteiger partial charge in [0.1, 0.15) is 12.3 Å². The number of ether oxygens (including phenoxy) is 1. The van der Waals surface area contributed by atoms with Crippen LogP contribution in [0.5, 0.6) is 0 Å². The van der Waals surface area contributed by atoms with Crippen LogP contribution in [-0.4, -0.2) is 82.0 Å². The van der Waals surface area contributed by atoms with Gasteiger partial charge in [-0.05, 0) is 13.3 Å². The van der Waals surface area contributed by atoms with Gasteiger partial charge in [-0.15, -0.1) is 11.8 Å². The number of likely N-dealkylation sites (N-methyl/N-ethyl adjacent to an activating group) is 1.